The van der Waals surface area contributed by atoms with Gasteiger partial charge in [0.05, 0.1) is 6.61 Å². The molecule has 1 heterocycles. The molecule has 1 aliphatic rings. The molecule has 4 nitrogen and oxygen atoms in total. The standard InChI is InChI=1S/C13H17FN2O2/c1-9-7-15(2)13(18)12(8-17)16(9)11-5-3-4-10(14)6-11/h3-6,9,12,17H,7-8H2,1-2H3. The van der Waals surface area contributed by atoms with Crippen LogP contribution in [-0.4, -0.2) is 48.2 Å². The van der Waals surface area contributed by atoms with Gasteiger partial charge >= 0.3 is 0 Å². The molecule has 0 aliphatic carbocycles. The maximum atomic E-state index is 13.3. The highest BCUT2D eigenvalue weighted by atomic mass is 19.1. The second kappa shape index (κ2) is 4.94. The van der Waals surface area contributed by atoms with Crippen molar-refractivity contribution in [3.8, 4) is 0 Å². The summed E-state index contributed by atoms with van der Waals surface area (Å²) in [7, 11) is 1.71. The molecule has 1 aromatic rings. The molecule has 5 heteroatoms. The third-order valence-corrected chi connectivity index (χ3v) is 3.29. The number of anilines is 1. The Labute approximate surface area is 106 Å². The molecule has 2 rings (SSSR count). The Morgan fingerprint density at radius 3 is 2.83 bits per heavy atom. The highest BCUT2D eigenvalue weighted by molar-refractivity contribution is 5.87. The van der Waals surface area contributed by atoms with Crippen LogP contribution in [0, 0.1) is 5.82 Å². The highest BCUT2D eigenvalue weighted by Crippen LogP contribution is 2.25. The van der Waals surface area contributed by atoms with Gasteiger partial charge in [-0.05, 0) is 25.1 Å². The molecule has 0 aromatic heterocycles. The lowest BCUT2D eigenvalue weighted by molar-refractivity contribution is -0.134. The van der Waals surface area contributed by atoms with Crippen molar-refractivity contribution in [2.45, 2.75) is 19.0 Å². The molecular weight excluding hydrogens is 235 g/mol. The second-order valence-electron chi connectivity index (χ2n) is 4.65. The number of aliphatic hydroxyl groups is 1. The zero-order valence-corrected chi connectivity index (χ0v) is 10.5. The number of rotatable bonds is 2. The van der Waals surface area contributed by atoms with Crippen molar-refractivity contribution in [1.82, 2.24) is 4.90 Å². The van der Waals surface area contributed by atoms with E-state index in [4.69, 9.17) is 0 Å². The van der Waals surface area contributed by atoms with E-state index in [1.807, 2.05) is 6.92 Å². The van der Waals surface area contributed by atoms with Gasteiger partial charge in [-0.3, -0.25) is 4.79 Å². The summed E-state index contributed by atoms with van der Waals surface area (Å²) in [6, 6.07) is 5.50. The van der Waals surface area contributed by atoms with E-state index in [2.05, 4.69) is 0 Å². The molecule has 2 unspecified atom stereocenters. The fraction of sp³-hybridized carbons (Fsp3) is 0.462. The van der Waals surface area contributed by atoms with Crippen LogP contribution in [0.4, 0.5) is 10.1 Å². The third-order valence-electron chi connectivity index (χ3n) is 3.29. The molecule has 1 fully saturated rings. The van der Waals surface area contributed by atoms with Crippen LogP contribution in [0.25, 0.3) is 0 Å². The zero-order chi connectivity index (χ0) is 13.3. The Bertz CT molecular complexity index is 452. The second-order valence-corrected chi connectivity index (χ2v) is 4.65. The maximum Gasteiger partial charge on any atom is 0.247 e. The van der Waals surface area contributed by atoms with Crippen molar-refractivity contribution < 1.29 is 14.3 Å². The molecule has 98 valence electrons. The van der Waals surface area contributed by atoms with Gasteiger partial charge in [0.25, 0.3) is 0 Å². The van der Waals surface area contributed by atoms with E-state index in [0.717, 1.165) is 0 Å². The Morgan fingerprint density at radius 2 is 2.22 bits per heavy atom. The molecule has 1 N–H and O–H groups in total. The summed E-state index contributed by atoms with van der Waals surface area (Å²) < 4.78 is 13.3. The smallest absolute Gasteiger partial charge is 0.247 e. The molecule has 1 amide bonds. The summed E-state index contributed by atoms with van der Waals surface area (Å²) in [6.45, 7) is 2.24. The minimum absolute atomic E-state index is 0.0339. The first-order valence-corrected chi connectivity index (χ1v) is 5.94. The van der Waals surface area contributed by atoms with Gasteiger partial charge in [0, 0.05) is 25.3 Å². The van der Waals surface area contributed by atoms with Crippen molar-refractivity contribution in [2.24, 2.45) is 0 Å². The number of halogens is 1. The van der Waals surface area contributed by atoms with Crippen LogP contribution in [0.1, 0.15) is 6.92 Å². The Hall–Kier alpha value is -1.62. The largest absolute Gasteiger partial charge is 0.394 e. The number of carbonyl (C=O) groups is 1. The third kappa shape index (κ3) is 2.18. The predicted molar refractivity (Wildman–Crippen MR) is 66.9 cm³/mol. The van der Waals surface area contributed by atoms with Crippen LogP contribution >= 0.6 is 0 Å². The lowest BCUT2D eigenvalue weighted by Crippen LogP contribution is -2.61. The van der Waals surface area contributed by atoms with Crippen molar-refractivity contribution in [2.75, 3.05) is 25.1 Å². The van der Waals surface area contributed by atoms with Crippen molar-refractivity contribution >= 4 is 11.6 Å². The van der Waals surface area contributed by atoms with Crippen LogP contribution in [0.2, 0.25) is 0 Å². The fourth-order valence-corrected chi connectivity index (χ4v) is 2.49. The Balaban J connectivity index is 2.37. The number of aliphatic hydroxyl groups excluding tert-OH is 1. The normalized spacial score (nSPS) is 24.6. The van der Waals surface area contributed by atoms with Crippen LogP contribution in [0.15, 0.2) is 24.3 Å². The SMILES string of the molecule is CC1CN(C)C(=O)C(CO)N1c1cccc(F)c1. The first-order valence-electron chi connectivity index (χ1n) is 5.94. The lowest BCUT2D eigenvalue weighted by Gasteiger charge is -2.44. The summed E-state index contributed by atoms with van der Waals surface area (Å²) in [5.41, 5.74) is 0.628. The van der Waals surface area contributed by atoms with Gasteiger partial charge in [0.2, 0.25) is 5.91 Å². The number of piperazine rings is 1. The van der Waals surface area contributed by atoms with Gasteiger partial charge in [-0.2, -0.15) is 0 Å². The Kier molecular flexibility index (Phi) is 3.52. The van der Waals surface area contributed by atoms with Crippen LogP contribution in [0.5, 0.6) is 0 Å². The van der Waals surface area contributed by atoms with E-state index in [1.54, 1.807) is 29.0 Å². The maximum absolute atomic E-state index is 13.3. The zero-order valence-electron chi connectivity index (χ0n) is 10.5. The van der Waals surface area contributed by atoms with E-state index in [-0.39, 0.29) is 24.4 Å². The quantitative estimate of drug-likeness (QED) is 0.848. The molecule has 1 aliphatic heterocycles. The molecular formula is C13H17FN2O2. The summed E-state index contributed by atoms with van der Waals surface area (Å²) >= 11 is 0. The first-order chi connectivity index (χ1) is 8.54. The minimum Gasteiger partial charge on any atom is -0.394 e. The summed E-state index contributed by atoms with van der Waals surface area (Å²) in [5.74, 6) is -0.484. The number of hydrogen-bond donors (Lipinski definition) is 1. The lowest BCUT2D eigenvalue weighted by atomic mass is 10.1. The fourth-order valence-electron chi connectivity index (χ4n) is 2.49. The summed E-state index contributed by atoms with van der Waals surface area (Å²) in [4.78, 5) is 15.4. The molecule has 0 radical (unpaired) electrons. The average Bonchev–Trinajstić information content (AvgIpc) is 2.33. The van der Waals surface area contributed by atoms with Gasteiger partial charge < -0.3 is 14.9 Å². The van der Waals surface area contributed by atoms with Crippen molar-refractivity contribution in [3.63, 3.8) is 0 Å². The molecule has 1 aromatic carbocycles. The predicted octanol–water partition coefficient (Wildman–Crippen LogP) is 0.853. The van der Waals surface area contributed by atoms with Gasteiger partial charge in [-0.15, -0.1) is 0 Å². The summed E-state index contributed by atoms with van der Waals surface area (Å²) in [5, 5.41) is 9.42. The average molecular weight is 252 g/mol. The van der Waals surface area contributed by atoms with E-state index in [0.29, 0.717) is 12.2 Å². The molecule has 0 spiro atoms. The van der Waals surface area contributed by atoms with E-state index in [9.17, 15) is 14.3 Å². The first kappa shape index (κ1) is 12.8. The number of carbonyl (C=O) groups excluding carboxylic acids is 1. The number of hydrogen-bond acceptors (Lipinski definition) is 3. The van der Waals surface area contributed by atoms with Crippen LogP contribution in [-0.2, 0) is 4.79 Å². The van der Waals surface area contributed by atoms with Gasteiger partial charge in [0.1, 0.15) is 11.9 Å². The van der Waals surface area contributed by atoms with Crippen molar-refractivity contribution in [3.05, 3.63) is 30.1 Å². The van der Waals surface area contributed by atoms with Gasteiger partial charge in [0.15, 0.2) is 0 Å². The van der Waals surface area contributed by atoms with Gasteiger partial charge in [-0.25, -0.2) is 4.39 Å². The molecule has 1 saturated heterocycles. The minimum atomic E-state index is -0.638. The van der Waals surface area contributed by atoms with E-state index < -0.39 is 6.04 Å². The van der Waals surface area contributed by atoms with E-state index >= 15 is 0 Å². The number of likely N-dealkylation sites (N-methyl/N-ethyl adjacent to an activating group) is 1. The monoisotopic (exact) mass is 252 g/mol. The number of nitrogens with zero attached hydrogens (tertiary/aromatic N) is 2. The van der Waals surface area contributed by atoms with Crippen LogP contribution in [0.3, 0.4) is 0 Å². The van der Waals surface area contributed by atoms with E-state index in [1.165, 1.54) is 12.1 Å². The highest BCUT2D eigenvalue weighted by Gasteiger charge is 2.36. The van der Waals surface area contributed by atoms with Crippen molar-refractivity contribution in [1.29, 1.82) is 0 Å². The van der Waals surface area contributed by atoms with Crippen LogP contribution < -0.4 is 4.90 Å². The molecule has 18 heavy (non-hydrogen) atoms. The number of amides is 1. The molecule has 0 saturated carbocycles. The Morgan fingerprint density at radius 1 is 1.50 bits per heavy atom. The van der Waals surface area contributed by atoms with Gasteiger partial charge in [-0.1, -0.05) is 6.07 Å². The topological polar surface area (TPSA) is 43.8 Å². The summed E-state index contributed by atoms with van der Waals surface area (Å²) in [6.07, 6.45) is 0. The number of benzene rings is 1. The molecule has 0 bridgehead atoms. The molecule has 2 atom stereocenters.